The summed E-state index contributed by atoms with van der Waals surface area (Å²) in [6.45, 7) is 9.64. The maximum Gasteiger partial charge on any atom is 0.261 e. The number of benzene rings is 1. The summed E-state index contributed by atoms with van der Waals surface area (Å²) < 4.78 is 5.64. The lowest BCUT2D eigenvalue weighted by Gasteiger charge is -2.26. The zero-order valence-corrected chi connectivity index (χ0v) is 12.4. The number of nitrogens with two attached hydrogens (primary N) is 1. The Bertz CT molecular complexity index is 455. The Morgan fingerprint density at radius 1 is 1.47 bits per heavy atom. The summed E-state index contributed by atoms with van der Waals surface area (Å²) >= 11 is 0. The molecule has 1 atom stereocenters. The fourth-order valence-corrected chi connectivity index (χ4v) is 1.52. The molecule has 0 saturated heterocycles. The van der Waals surface area contributed by atoms with Gasteiger partial charge in [0.1, 0.15) is 5.75 Å². The maximum atomic E-state index is 12.0. The van der Waals surface area contributed by atoms with Crippen molar-refractivity contribution >= 4 is 11.6 Å². The van der Waals surface area contributed by atoms with Crippen molar-refractivity contribution in [3.05, 3.63) is 23.8 Å². The van der Waals surface area contributed by atoms with Gasteiger partial charge in [-0.2, -0.15) is 0 Å². The zero-order valence-electron chi connectivity index (χ0n) is 12.4. The Kier molecular flexibility index (Phi) is 4.81. The molecule has 0 bridgehead atoms. The lowest BCUT2D eigenvalue weighted by molar-refractivity contribution is -0.128. The molecule has 3 N–H and O–H groups in total. The van der Waals surface area contributed by atoms with E-state index in [1.54, 1.807) is 13.0 Å². The van der Waals surface area contributed by atoms with Crippen molar-refractivity contribution in [2.75, 3.05) is 5.73 Å². The van der Waals surface area contributed by atoms with Gasteiger partial charge < -0.3 is 15.8 Å². The van der Waals surface area contributed by atoms with Crippen molar-refractivity contribution in [3.63, 3.8) is 0 Å². The molecule has 106 valence electrons. The second kappa shape index (κ2) is 5.95. The largest absolute Gasteiger partial charge is 0.479 e. The molecule has 0 spiro atoms. The van der Waals surface area contributed by atoms with E-state index in [1.807, 2.05) is 39.8 Å². The number of carbonyl (C=O) groups excluding carboxylic acids is 1. The number of amides is 1. The number of hydrogen-bond acceptors (Lipinski definition) is 3. The number of rotatable bonds is 5. The highest BCUT2D eigenvalue weighted by Crippen LogP contribution is 2.25. The number of para-hydroxylation sites is 1. The lowest BCUT2D eigenvalue weighted by Crippen LogP contribution is -2.48. The van der Waals surface area contributed by atoms with Gasteiger partial charge in [0.25, 0.3) is 5.91 Å². The quantitative estimate of drug-likeness (QED) is 0.804. The van der Waals surface area contributed by atoms with Crippen LogP contribution in [-0.4, -0.2) is 17.6 Å². The fraction of sp³-hybridized carbons (Fsp3) is 0.533. The molecule has 1 rings (SSSR count). The van der Waals surface area contributed by atoms with Crippen molar-refractivity contribution < 1.29 is 9.53 Å². The summed E-state index contributed by atoms with van der Waals surface area (Å²) in [4.78, 5) is 12.0. The van der Waals surface area contributed by atoms with E-state index in [-0.39, 0.29) is 11.4 Å². The minimum Gasteiger partial charge on any atom is -0.479 e. The van der Waals surface area contributed by atoms with Crippen LogP contribution in [0.5, 0.6) is 5.75 Å². The maximum absolute atomic E-state index is 12.0. The molecule has 0 aliphatic carbocycles. The summed E-state index contributed by atoms with van der Waals surface area (Å²) in [7, 11) is 0. The second-order valence-corrected chi connectivity index (χ2v) is 5.47. The van der Waals surface area contributed by atoms with Crippen LogP contribution in [0.1, 0.15) is 39.7 Å². The van der Waals surface area contributed by atoms with Crippen molar-refractivity contribution in [2.45, 2.75) is 52.7 Å². The van der Waals surface area contributed by atoms with Crippen LogP contribution in [0.2, 0.25) is 0 Å². The van der Waals surface area contributed by atoms with E-state index in [4.69, 9.17) is 10.5 Å². The van der Waals surface area contributed by atoms with Gasteiger partial charge in [0.05, 0.1) is 5.69 Å². The van der Waals surface area contributed by atoms with E-state index in [1.165, 1.54) is 0 Å². The van der Waals surface area contributed by atoms with Crippen LogP contribution in [-0.2, 0) is 4.79 Å². The third kappa shape index (κ3) is 4.16. The summed E-state index contributed by atoms with van der Waals surface area (Å²) in [5, 5.41) is 2.96. The van der Waals surface area contributed by atoms with Crippen LogP contribution in [0.15, 0.2) is 18.2 Å². The van der Waals surface area contributed by atoms with Crippen LogP contribution in [0.4, 0.5) is 5.69 Å². The Morgan fingerprint density at radius 2 is 2.11 bits per heavy atom. The minimum absolute atomic E-state index is 0.132. The summed E-state index contributed by atoms with van der Waals surface area (Å²) in [5.74, 6) is 0.421. The van der Waals surface area contributed by atoms with E-state index in [0.29, 0.717) is 11.4 Å². The van der Waals surface area contributed by atoms with Gasteiger partial charge in [0.15, 0.2) is 6.10 Å². The van der Waals surface area contributed by atoms with Crippen molar-refractivity contribution in [2.24, 2.45) is 0 Å². The molecule has 0 fully saturated rings. The standard InChI is InChI=1S/C15H24N2O2/c1-6-15(4,5)17-14(18)11(3)19-12-9-7-8-10(2)13(12)16/h7-9,11H,6,16H2,1-5H3,(H,17,18). The van der Waals surface area contributed by atoms with Gasteiger partial charge in [-0.15, -0.1) is 0 Å². The van der Waals surface area contributed by atoms with Crippen LogP contribution in [0, 0.1) is 6.92 Å². The molecule has 0 radical (unpaired) electrons. The highest BCUT2D eigenvalue weighted by molar-refractivity contribution is 5.81. The number of ether oxygens (including phenoxy) is 1. The first-order chi connectivity index (χ1) is 8.76. The Morgan fingerprint density at radius 3 is 2.68 bits per heavy atom. The summed E-state index contributed by atoms with van der Waals surface area (Å²) in [6, 6.07) is 5.55. The Hall–Kier alpha value is -1.71. The van der Waals surface area contributed by atoms with Crippen LogP contribution in [0.3, 0.4) is 0 Å². The van der Waals surface area contributed by atoms with E-state index >= 15 is 0 Å². The molecule has 0 saturated carbocycles. The zero-order chi connectivity index (χ0) is 14.6. The minimum atomic E-state index is -0.574. The molecule has 0 aromatic heterocycles. The van der Waals surface area contributed by atoms with E-state index in [0.717, 1.165) is 12.0 Å². The van der Waals surface area contributed by atoms with Gasteiger partial charge in [0.2, 0.25) is 0 Å². The third-order valence-corrected chi connectivity index (χ3v) is 3.30. The molecule has 0 aliphatic rings. The van der Waals surface area contributed by atoms with Crippen molar-refractivity contribution in [3.8, 4) is 5.75 Å². The molecule has 19 heavy (non-hydrogen) atoms. The van der Waals surface area contributed by atoms with Crippen molar-refractivity contribution in [1.29, 1.82) is 0 Å². The van der Waals surface area contributed by atoms with Gasteiger partial charge in [-0.25, -0.2) is 0 Å². The number of nitrogens with one attached hydrogen (secondary N) is 1. The lowest BCUT2D eigenvalue weighted by atomic mass is 10.0. The molecule has 1 unspecified atom stereocenters. The number of carbonyl (C=O) groups is 1. The highest BCUT2D eigenvalue weighted by Gasteiger charge is 2.23. The third-order valence-electron chi connectivity index (χ3n) is 3.30. The summed E-state index contributed by atoms with van der Waals surface area (Å²) in [5.41, 5.74) is 7.22. The van der Waals surface area contributed by atoms with Crippen molar-refractivity contribution in [1.82, 2.24) is 5.32 Å². The molecular formula is C15H24N2O2. The smallest absolute Gasteiger partial charge is 0.261 e. The molecule has 4 nitrogen and oxygen atoms in total. The predicted octanol–water partition coefficient (Wildman–Crippen LogP) is 2.65. The van der Waals surface area contributed by atoms with Gasteiger partial charge in [-0.05, 0) is 45.7 Å². The Labute approximate surface area is 115 Å². The first-order valence-electron chi connectivity index (χ1n) is 6.60. The average molecular weight is 264 g/mol. The Balaban J connectivity index is 2.72. The summed E-state index contributed by atoms with van der Waals surface area (Å²) in [6.07, 6.45) is 0.285. The van der Waals surface area contributed by atoms with E-state index in [9.17, 15) is 4.79 Å². The molecular weight excluding hydrogens is 240 g/mol. The van der Waals surface area contributed by atoms with Gasteiger partial charge >= 0.3 is 0 Å². The SMILES string of the molecule is CCC(C)(C)NC(=O)C(C)Oc1cccc(C)c1N. The number of nitrogen functional groups attached to an aromatic ring is 1. The topological polar surface area (TPSA) is 64.3 Å². The molecule has 1 aromatic carbocycles. The molecule has 0 aliphatic heterocycles. The number of aryl methyl sites for hydroxylation is 1. The predicted molar refractivity (Wildman–Crippen MR) is 78.2 cm³/mol. The van der Waals surface area contributed by atoms with E-state index in [2.05, 4.69) is 5.32 Å². The molecule has 4 heteroatoms. The second-order valence-electron chi connectivity index (χ2n) is 5.47. The monoisotopic (exact) mass is 264 g/mol. The normalized spacial score (nSPS) is 12.9. The highest BCUT2D eigenvalue weighted by atomic mass is 16.5. The van der Waals surface area contributed by atoms with Crippen LogP contribution < -0.4 is 15.8 Å². The van der Waals surface area contributed by atoms with E-state index < -0.39 is 6.10 Å². The number of anilines is 1. The average Bonchev–Trinajstić information content (AvgIpc) is 2.34. The van der Waals surface area contributed by atoms with Crippen LogP contribution >= 0.6 is 0 Å². The van der Waals surface area contributed by atoms with Gasteiger partial charge in [0, 0.05) is 5.54 Å². The first-order valence-corrected chi connectivity index (χ1v) is 6.60. The fourth-order valence-electron chi connectivity index (χ4n) is 1.52. The number of hydrogen-bond donors (Lipinski definition) is 2. The molecule has 1 aromatic rings. The first kappa shape index (κ1) is 15.3. The van der Waals surface area contributed by atoms with Gasteiger partial charge in [-0.1, -0.05) is 19.1 Å². The van der Waals surface area contributed by atoms with Gasteiger partial charge in [-0.3, -0.25) is 4.79 Å². The molecule has 1 amide bonds. The molecule has 0 heterocycles. The van der Waals surface area contributed by atoms with Crippen LogP contribution in [0.25, 0.3) is 0 Å².